The van der Waals surface area contributed by atoms with Crippen LogP contribution in [0.1, 0.15) is 10.4 Å². The lowest BCUT2D eigenvalue weighted by atomic mass is 10.2. The number of hydrogen-bond donors (Lipinski definition) is 1. The lowest BCUT2D eigenvalue weighted by Gasteiger charge is -2.04. The van der Waals surface area contributed by atoms with Gasteiger partial charge < -0.3 is 10.1 Å². The predicted octanol–water partition coefficient (Wildman–Crippen LogP) is 2.89. The smallest absolute Gasteiger partial charge is 0.142 e. The number of fused-ring (bicyclic) bond motifs is 1. The van der Waals surface area contributed by atoms with E-state index in [1.54, 1.807) is 31.0 Å². The zero-order valence-corrected chi connectivity index (χ0v) is 13.1. The minimum absolute atomic E-state index is 0.641. The summed E-state index contributed by atoms with van der Waals surface area (Å²) in [7, 11) is 1.68. The van der Waals surface area contributed by atoms with Gasteiger partial charge in [0.1, 0.15) is 17.0 Å². The molecule has 0 amide bonds. The van der Waals surface area contributed by atoms with Crippen LogP contribution in [0.3, 0.4) is 0 Å². The largest absolute Gasteiger partial charge is 0.383 e. The molecule has 0 aromatic carbocycles. The Labute approximate surface area is 126 Å². The van der Waals surface area contributed by atoms with Crippen LogP contribution in [0.2, 0.25) is 0 Å². The summed E-state index contributed by atoms with van der Waals surface area (Å²) in [5.74, 6) is 0.827. The van der Waals surface area contributed by atoms with E-state index in [0.29, 0.717) is 6.61 Å². The maximum Gasteiger partial charge on any atom is 0.142 e. The first-order valence-corrected chi connectivity index (χ1v) is 7.50. The molecule has 1 N–H and O–H groups in total. The average Bonchev–Trinajstić information content (AvgIpc) is 3.03. The number of rotatable bonds is 5. The van der Waals surface area contributed by atoms with Crippen LogP contribution in [-0.4, -0.2) is 33.5 Å². The highest BCUT2D eigenvalue weighted by Crippen LogP contribution is 2.33. The number of anilines is 2. The Kier molecular flexibility index (Phi) is 3.85. The number of nitrogens with zero attached hydrogens (tertiary/aromatic N) is 4. The second-order valence-corrected chi connectivity index (χ2v) is 6.00. The van der Waals surface area contributed by atoms with E-state index in [4.69, 9.17) is 4.74 Å². The molecule has 0 aliphatic rings. The van der Waals surface area contributed by atoms with Crippen LogP contribution in [-0.2, 0) is 11.3 Å². The molecule has 3 aromatic rings. The molecular weight excluding hydrogens is 286 g/mol. The number of ether oxygens (including phenoxy) is 1. The van der Waals surface area contributed by atoms with Gasteiger partial charge in [-0.1, -0.05) is 0 Å². The standard InChI is InChI=1S/C14H17N5OS/c1-9-10(2)21-14-12(9)13(15-8-16-14)18-11-6-17-19(7-11)4-5-20-3/h6-8H,4-5H2,1-3H3,(H,15,16,18). The topological polar surface area (TPSA) is 64.9 Å². The number of hydrogen-bond acceptors (Lipinski definition) is 6. The van der Waals surface area contributed by atoms with E-state index in [1.807, 2.05) is 10.9 Å². The van der Waals surface area contributed by atoms with Gasteiger partial charge in [0.25, 0.3) is 0 Å². The molecule has 110 valence electrons. The molecule has 0 radical (unpaired) electrons. The van der Waals surface area contributed by atoms with Crippen molar-refractivity contribution in [2.24, 2.45) is 0 Å². The fraction of sp³-hybridized carbons (Fsp3) is 0.357. The van der Waals surface area contributed by atoms with Crippen LogP contribution in [0.15, 0.2) is 18.7 Å². The molecule has 0 spiro atoms. The summed E-state index contributed by atoms with van der Waals surface area (Å²) in [5.41, 5.74) is 2.14. The third kappa shape index (κ3) is 2.74. The number of thiophene rings is 1. The Bertz CT molecular complexity index is 764. The van der Waals surface area contributed by atoms with Crippen molar-refractivity contribution in [3.63, 3.8) is 0 Å². The molecule has 3 heterocycles. The number of nitrogens with one attached hydrogen (secondary N) is 1. The molecule has 0 saturated carbocycles. The summed E-state index contributed by atoms with van der Waals surface area (Å²) in [6.45, 7) is 5.58. The van der Waals surface area contributed by atoms with Gasteiger partial charge in [-0.2, -0.15) is 5.10 Å². The molecule has 0 unspecified atom stereocenters. The Morgan fingerprint density at radius 3 is 3.00 bits per heavy atom. The number of methoxy groups -OCH3 is 1. The summed E-state index contributed by atoms with van der Waals surface area (Å²) in [6.07, 6.45) is 5.33. The number of aromatic nitrogens is 4. The summed E-state index contributed by atoms with van der Waals surface area (Å²) in [4.78, 5) is 11.0. The van der Waals surface area contributed by atoms with Crippen LogP contribution in [0.4, 0.5) is 11.5 Å². The van der Waals surface area contributed by atoms with E-state index in [1.165, 1.54) is 10.4 Å². The van der Waals surface area contributed by atoms with Gasteiger partial charge in [0.15, 0.2) is 0 Å². The third-order valence-electron chi connectivity index (χ3n) is 3.39. The van der Waals surface area contributed by atoms with Crippen molar-refractivity contribution in [2.75, 3.05) is 19.0 Å². The van der Waals surface area contributed by atoms with Crippen LogP contribution < -0.4 is 5.32 Å². The van der Waals surface area contributed by atoms with Crippen LogP contribution >= 0.6 is 11.3 Å². The van der Waals surface area contributed by atoms with Crippen molar-refractivity contribution in [2.45, 2.75) is 20.4 Å². The SMILES string of the molecule is COCCn1cc(Nc2ncnc3sc(C)c(C)c23)cn1. The predicted molar refractivity (Wildman–Crippen MR) is 84.3 cm³/mol. The van der Waals surface area contributed by atoms with Gasteiger partial charge in [-0.25, -0.2) is 9.97 Å². The molecule has 0 bridgehead atoms. The molecule has 21 heavy (non-hydrogen) atoms. The molecule has 3 rings (SSSR count). The molecule has 0 saturated heterocycles. The minimum atomic E-state index is 0.641. The van der Waals surface area contributed by atoms with Crippen LogP contribution in [0, 0.1) is 13.8 Å². The van der Waals surface area contributed by atoms with Crippen molar-refractivity contribution in [1.29, 1.82) is 0 Å². The monoisotopic (exact) mass is 303 g/mol. The zero-order valence-electron chi connectivity index (χ0n) is 12.3. The molecule has 3 aromatic heterocycles. The van der Waals surface area contributed by atoms with Crippen LogP contribution in [0.5, 0.6) is 0 Å². The van der Waals surface area contributed by atoms with Gasteiger partial charge in [0.05, 0.1) is 30.4 Å². The molecule has 0 aliphatic heterocycles. The Hall–Kier alpha value is -1.99. The molecule has 0 atom stereocenters. The lowest BCUT2D eigenvalue weighted by Crippen LogP contribution is -2.04. The average molecular weight is 303 g/mol. The van der Waals surface area contributed by atoms with E-state index in [0.717, 1.165) is 28.3 Å². The second kappa shape index (κ2) is 5.79. The van der Waals surface area contributed by atoms with Crippen molar-refractivity contribution in [1.82, 2.24) is 19.7 Å². The Morgan fingerprint density at radius 1 is 1.33 bits per heavy atom. The maximum absolute atomic E-state index is 5.05. The summed E-state index contributed by atoms with van der Waals surface area (Å²) >= 11 is 1.69. The van der Waals surface area contributed by atoms with E-state index in [2.05, 4.69) is 34.2 Å². The van der Waals surface area contributed by atoms with Crippen molar-refractivity contribution in [3.05, 3.63) is 29.2 Å². The zero-order chi connectivity index (χ0) is 14.8. The summed E-state index contributed by atoms with van der Waals surface area (Å²) in [6, 6.07) is 0. The summed E-state index contributed by atoms with van der Waals surface area (Å²) < 4.78 is 6.89. The van der Waals surface area contributed by atoms with Crippen LogP contribution in [0.25, 0.3) is 10.2 Å². The van der Waals surface area contributed by atoms with Gasteiger partial charge in [-0.15, -0.1) is 11.3 Å². The first-order valence-electron chi connectivity index (χ1n) is 6.68. The van der Waals surface area contributed by atoms with E-state index in [-0.39, 0.29) is 0 Å². The van der Waals surface area contributed by atoms with Gasteiger partial charge in [-0.05, 0) is 19.4 Å². The fourth-order valence-electron chi connectivity index (χ4n) is 2.15. The van der Waals surface area contributed by atoms with E-state index in [9.17, 15) is 0 Å². The normalized spacial score (nSPS) is 11.2. The highest BCUT2D eigenvalue weighted by Gasteiger charge is 2.12. The minimum Gasteiger partial charge on any atom is -0.383 e. The number of aryl methyl sites for hydroxylation is 2. The van der Waals surface area contributed by atoms with Gasteiger partial charge in [0, 0.05) is 18.2 Å². The first kappa shape index (κ1) is 14.0. The quantitative estimate of drug-likeness (QED) is 0.785. The Balaban J connectivity index is 1.89. The first-order chi connectivity index (χ1) is 10.2. The Morgan fingerprint density at radius 2 is 2.19 bits per heavy atom. The van der Waals surface area contributed by atoms with E-state index >= 15 is 0 Å². The third-order valence-corrected chi connectivity index (χ3v) is 4.50. The molecule has 0 fully saturated rings. The van der Waals surface area contributed by atoms with Crippen molar-refractivity contribution >= 4 is 33.1 Å². The second-order valence-electron chi connectivity index (χ2n) is 4.80. The highest BCUT2D eigenvalue weighted by atomic mass is 32.1. The highest BCUT2D eigenvalue weighted by molar-refractivity contribution is 7.18. The van der Waals surface area contributed by atoms with E-state index < -0.39 is 0 Å². The van der Waals surface area contributed by atoms with Crippen molar-refractivity contribution in [3.8, 4) is 0 Å². The fourth-order valence-corrected chi connectivity index (χ4v) is 3.15. The van der Waals surface area contributed by atoms with Gasteiger partial charge >= 0.3 is 0 Å². The van der Waals surface area contributed by atoms with Gasteiger partial charge in [-0.3, -0.25) is 4.68 Å². The molecule has 7 heteroatoms. The molecule has 0 aliphatic carbocycles. The van der Waals surface area contributed by atoms with Crippen molar-refractivity contribution < 1.29 is 4.74 Å². The molecule has 6 nitrogen and oxygen atoms in total. The lowest BCUT2D eigenvalue weighted by molar-refractivity contribution is 0.183. The summed E-state index contributed by atoms with van der Waals surface area (Å²) in [5, 5.41) is 8.71. The molecular formula is C14H17N5OS. The maximum atomic E-state index is 5.05. The van der Waals surface area contributed by atoms with Gasteiger partial charge in [0.2, 0.25) is 0 Å².